The molecule has 2 heterocycles. The van der Waals surface area contributed by atoms with Gasteiger partial charge in [-0.25, -0.2) is 0 Å². The molecule has 40 heavy (non-hydrogen) atoms. The summed E-state index contributed by atoms with van der Waals surface area (Å²) in [6, 6.07) is -2.67. The number of nitrogens with two attached hydrogens (primary N) is 3. The minimum absolute atomic E-state index is 0.0322. The minimum Gasteiger partial charge on any atom is -0.394 e. The van der Waals surface area contributed by atoms with Crippen molar-refractivity contribution in [2.24, 2.45) is 17.2 Å². The molecule has 1 saturated carbocycles. The average Bonchev–Trinajstić information content (AvgIpc) is 2.92. The van der Waals surface area contributed by atoms with E-state index in [9.17, 15) is 50.4 Å². The van der Waals surface area contributed by atoms with Gasteiger partial charge in [0.2, 0.25) is 5.91 Å². The smallest absolute Gasteiger partial charge is 0.249 e. The molecule has 0 aromatic rings. The Hall–Kier alpha value is -1.46. The van der Waals surface area contributed by atoms with Crippen LogP contribution in [0, 0.1) is 0 Å². The Morgan fingerprint density at radius 2 is 1.55 bits per heavy atom. The van der Waals surface area contributed by atoms with Crippen LogP contribution >= 0.6 is 0 Å². The van der Waals surface area contributed by atoms with Crippen LogP contribution in [0.15, 0.2) is 0 Å². The summed E-state index contributed by atoms with van der Waals surface area (Å²) in [6.45, 7) is -1.03. The number of carbonyl (C=O) groups excluding carboxylic acids is 2. The summed E-state index contributed by atoms with van der Waals surface area (Å²) in [5.74, 6) is -1.75. The molecule has 3 aliphatic rings. The fourth-order valence-electron chi connectivity index (χ4n) is 4.83. The number of amides is 1. The van der Waals surface area contributed by atoms with E-state index in [2.05, 4.69) is 5.32 Å². The van der Waals surface area contributed by atoms with Gasteiger partial charge in [-0.15, -0.1) is 0 Å². The number of carbonyl (C=O) groups is 2. The molecule has 15 N–H and O–H groups in total. The first-order valence-electron chi connectivity index (χ1n) is 12.8. The lowest BCUT2D eigenvalue weighted by molar-refractivity contribution is -0.325. The van der Waals surface area contributed by atoms with E-state index in [0.717, 1.165) is 0 Å². The van der Waals surface area contributed by atoms with E-state index >= 15 is 0 Å². The number of aliphatic hydroxyl groups excluding tert-OH is 8. The van der Waals surface area contributed by atoms with Gasteiger partial charge < -0.3 is 82.3 Å². The Morgan fingerprint density at radius 1 is 0.925 bits per heavy atom. The van der Waals surface area contributed by atoms with Crippen LogP contribution in [0.1, 0.15) is 12.8 Å². The third-order valence-corrected chi connectivity index (χ3v) is 7.26. The molecular formula is C22H40N4O14. The maximum absolute atomic E-state index is 13.1. The van der Waals surface area contributed by atoms with Crippen LogP contribution in [-0.4, -0.2) is 164 Å². The molecule has 3 rings (SSSR count). The molecule has 0 aromatic carbocycles. The van der Waals surface area contributed by atoms with E-state index in [1.165, 1.54) is 0 Å². The van der Waals surface area contributed by atoms with Crippen LogP contribution in [-0.2, 0) is 28.5 Å². The lowest BCUT2D eigenvalue weighted by Gasteiger charge is -2.46. The molecule has 3 fully saturated rings. The van der Waals surface area contributed by atoms with Crippen LogP contribution < -0.4 is 22.5 Å². The van der Waals surface area contributed by atoms with E-state index in [4.69, 9.17) is 36.1 Å². The fraction of sp³-hybridized carbons (Fsp3) is 0.909. The van der Waals surface area contributed by atoms with Gasteiger partial charge >= 0.3 is 0 Å². The Morgan fingerprint density at radius 3 is 2.15 bits per heavy atom. The predicted molar refractivity (Wildman–Crippen MR) is 128 cm³/mol. The standard InChI is InChI=1S/C22H40N4O14/c23-2-1-7(28)20(36)26-6-3-8(29)19(40-22-16(34)15(33)13(31)9(4-24)37-22)17(35)18(6)39-21-14(32)11(25)12(30)10(5-27)38-21/h6-7,9-19,21-22,27-28,30-35H,1-5,23-25H2,(H,26,36)/t6-,7+,9-,10-,11+,12-,13-,14-,15+,16-,17-,18+,19-,21-,22-/m1/s1. The molecule has 2 aliphatic heterocycles. The van der Waals surface area contributed by atoms with E-state index < -0.39 is 117 Å². The molecule has 1 aliphatic carbocycles. The molecule has 2 saturated heterocycles. The van der Waals surface area contributed by atoms with Gasteiger partial charge in [-0.1, -0.05) is 0 Å². The molecule has 0 aromatic heterocycles. The largest absolute Gasteiger partial charge is 0.394 e. The van der Waals surface area contributed by atoms with E-state index in [0.29, 0.717) is 0 Å². The number of nitrogens with one attached hydrogen (secondary N) is 1. The van der Waals surface area contributed by atoms with Crippen molar-refractivity contribution in [1.29, 1.82) is 0 Å². The first-order chi connectivity index (χ1) is 18.9. The quantitative estimate of drug-likeness (QED) is 0.113. The topological polar surface area (TPSA) is 323 Å². The first kappa shape index (κ1) is 33.0. The summed E-state index contributed by atoms with van der Waals surface area (Å²) in [5.41, 5.74) is 16.7. The van der Waals surface area contributed by atoms with Gasteiger partial charge in [0.05, 0.1) is 18.7 Å². The summed E-state index contributed by atoms with van der Waals surface area (Å²) in [6.07, 6.45) is -21.8. The summed E-state index contributed by atoms with van der Waals surface area (Å²) in [4.78, 5) is 25.6. The Bertz CT molecular complexity index is 854. The molecular weight excluding hydrogens is 544 g/mol. The van der Waals surface area contributed by atoms with Crippen LogP contribution in [0.3, 0.4) is 0 Å². The SMILES string of the molecule is NCC[C@H](O)C(=O)N[C@@H]1CC(=O)[C@@H](O[C@H]2O[C@H](CN)[C@@H](O)[C@H](O)[C@H]2O)[C@H](O)[C@H]1O[C@H]1O[C@H](CO)[C@@H](O)[C@H](N)[C@H]1O. The zero-order chi connectivity index (χ0) is 29.9. The minimum atomic E-state index is -1.94. The van der Waals surface area contributed by atoms with Crippen LogP contribution in [0.5, 0.6) is 0 Å². The second kappa shape index (κ2) is 14.1. The van der Waals surface area contributed by atoms with Gasteiger partial charge in [0.1, 0.15) is 67.1 Å². The van der Waals surface area contributed by atoms with Gasteiger partial charge in [0.15, 0.2) is 18.4 Å². The molecule has 1 amide bonds. The maximum Gasteiger partial charge on any atom is 0.249 e. The predicted octanol–water partition coefficient (Wildman–Crippen LogP) is -8.18. The molecule has 0 unspecified atom stereocenters. The van der Waals surface area contributed by atoms with Gasteiger partial charge in [-0.3, -0.25) is 9.59 Å². The number of Topliss-reactive ketones (excluding diaryl/α,β-unsaturated/α-hetero) is 1. The molecule has 0 bridgehead atoms. The van der Waals surface area contributed by atoms with E-state index in [1.54, 1.807) is 0 Å². The van der Waals surface area contributed by atoms with Crippen molar-refractivity contribution in [2.45, 2.75) is 105 Å². The molecule has 232 valence electrons. The number of hydrogen-bond acceptors (Lipinski definition) is 17. The van der Waals surface area contributed by atoms with Crippen molar-refractivity contribution in [3.05, 3.63) is 0 Å². The average molecular weight is 585 g/mol. The van der Waals surface area contributed by atoms with Gasteiger partial charge in [0, 0.05) is 13.0 Å². The number of ketones is 1. The summed E-state index contributed by atoms with van der Waals surface area (Å²) in [7, 11) is 0. The number of ether oxygens (including phenoxy) is 4. The number of rotatable bonds is 10. The van der Waals surface area contributed by atoms with Crippen molar-refractivity contribution in [1.82, 2.24) is 5.32 Å². The normalized spacial score (nSPS) is 45.2. The van der Waals surface area contributed by atoms with Crippen molar-refractivity contribution in [3.63, 3.8) is 0 Å². The van der Waals surface area contributed by atoms with Crippen molar-refractivity contribution in [2.75, 3.05) is 19.7 Å². The van der Waals surface area contributed by atoms with E-state index in [-0.39, 0.29) is 19.5 Å². The first-order valence-corrected chi connectivity index (χ1v) is 12.8. The van der Waals surface area contributed by atoms with Crippen molar-refractivity contribution in [3.8, 4) is 0 Å². The van der Waals surface area contributed by atoms with Crippen molar-refractivity contribution < 1.29 is 69.4 Å². The van der Waals surface area contributed by atoms with Gasteiger partial charge in [-0.05, 0) is 13.0 Å². The van der Waals surface area contributed by atoms with Crippen LogP contribution in [0.2, 0.25) is 0 Å². The van der Waals surface area contributed by atoms with Gasteiger partial charge in [0.25, 0.3) is 0 Å². The summed E-state index contributed by atoms with van der Waals surface area (Å²) in [5, 5.41) is 84.3. The Balaban J connectivity index is 1.85. The zero-order valence-electron chi connectivity index (χ0n) is 21.5. The molecule has 0 radical (unpaired) electrons. The lowest BCUT2D eigenvalue weighted by atomic mass is 9.85. The highest BCUT2D eigenvalue weighted by molar-refractivity contribution is 5.87. The second-order valence-corrected chi connectivity index (χ2v) is 10.1. The highest BCUT2D eigenvalue weighted by Gasteiger charge is 2.53. The van der Waals surface area contributed by atoms with E-state index in [1.807, 2.05) is 0 Å². The van der Waals surface area contributed by atoms with Gasteiger partial charge in [-0.2, -0.15) is 0 Å². The maximum atomic E-state index is 13.1. The van der Waals surface area contributed by atoms with Crippen LogP contribution in [0.25, 0.3) is 0 Å². The fourth-order valence-corrected chi connectivity index (χ4v) is 4.83. The summed E-state index contributed by atoms with van der Waals surface area (Å²) >= 11 is 0. The van der Waals surface area contributed by atoms with Crippen LogP contribution in [0.4, 0.5) is 0 Å². The molecule has 18 nitrogen and oxygen atoms in total. The monoisotopic (exact) mass is 584 g/mol. The highest BCUT2D eigenvalue weighted by Crippen LogP contribution is 2.31. The zero-order valence-corrected chi connectivity index (χ0v) is 21.5. The highest BCUT2D eigenvalue weighted by atomic mass is 16.7. The molecule has 0 spiro atoms. The third-order valence-electron chi connectivity index (χ3n) is 7.26. The molecule has 18 heteroatoms. The molecule has 15 atom stereocenters. The Labute approximate surface area is 228 Å². The lowest BCUT2D eigenvalue weighted by Crippen LogP contribution is -2.68. The Kier molecular flexibility index (Phi) is 11.7. The second-order valence-electron chi connectivity index (χ2n) is 10.1. The van der Waals surface area contributed by atoms with Crippen molar-refractivity contribution >= 4 is 11.7 Å². The number of aliphatic hydroxyl groups is 8. The summed E-state index contributed by atoms with van der Waals surface area (Å²) < 4.78 is 22.0. The third kappa shape index (κ3) is 6.94. The number of hydrogen-bond donors (Lipinski definition) is 12.